The summed E-state index contributed by atoms with van der Waals surface area (Å²) >= 11 is 3.36. The zero-order valence-electron chi connectivity index (χ0n) is 8.53. The molecule has 4 nitrogen and oxygen atoms in total. The van der Waals surface area contributed by atoms with Gasteiger partial charge in [0.2, 0.25) is 0 Å². The molecule has 0 amide bonds. The van der Waals surface area contributed by atoms with Crippen LogP contribution in [0.25, 0.3) is 5.69 Å². The van der Waals surface area contributed by atoms with Crippen LogP contribution in [0.15, 0.2) is 44.5 Å². The van der Waals surface area contributed by atoms with Crippen molar-refractivity contribution < 1.29 is 0 Å². The molecule has 0 unspecified atom stereocenters. The molecule has 0 aliphatic heterocycles. The lowest BCUT2D eigenvalue weighted by Crippen LogP contribution is -2.32. The Hall–Kier alpha value is -1.62. The van der Waals surface area contributed by atoms with Gasteiger partial charge in [0.25, 0.3) is 5.56 Å². The second-order valence-electron chi connectivity index (χ2n) is 3.34. The molecule has 82 valence electrons. The lowest BCUT2D eigenvalue weighted by molar-refractivity contribution is 0.868. The topological polar surface area (TPSA) is 54.9 Å². The van der Waals surface area contributed by atoms with Gasteiger partial charge in [-0.25, -0.2) is 9.36 Å². The summed E-state index contributed by atoms with van der Waals surface area (Å²) in [6.07, 6.45) is 1.34. The minimum absolute atomic E-state index is 0.343. The number of benzene rings is 1. The third-order valence-corrected chi connectivity index (χ3v) is 3.20. The predicted octanol–water partition coefficient (Wildman–Crippen LogP) is 1.60. The van der Waals surface area contributed by atoms with Crippen LogP contribution in [-0.4, -0.2) is 9.55 Å². The highest BCUT2D eigenvalue weighted by molar-refractivity contribution is 9.10. The van der Waals surface area contributed by atoms with E-state index >= 15 is 0 Å². The van der Waals surface area contributed by atoms with E-state index in [1.807, 2.05) is 13.0 Å². The van der Waals surface area contributed by atoms with E-state index in [1.165, 1.54) is 12.3 Å². The molecule has 1 N–H and O–H groups in total. The molecule has 0 atom stereocenters. The standard InChI is InChI=1S/C11H9BrN2O2/c1-7-8(12)3-2-4-9(7)14-10(15)5-6-13-11(14)16/h2-6H,1H3,(H,13,16). The quantitative estimate of drug-likeness (QED) is 0.863. The maximum atomic E-state index is 11.6. The molecular formula is C11H9BrN2O2. The fourth-order valence-corrected chi connectivity index (χ4v) is 1.85. The lowest BCUT2D eigenvalue weighted by atomic mass is 10.2. The largest absolute Gasteiger partial charge is 0.332 e. The highest BCUT2D eigenvalue weighted by atomic mass is 79.9. The monoisotopic (exact) mass is 280 g/mol. The molecule has 5 heteroatoms. The number of aromatic amines is 1. The zero-order valence-corrected chi connectivity index (χ0v) is 10.1. The molecule has 0 bridgehead atoms. The molecule has 0 spiro atoms. The van der Waals surface area contributed by atoms with E-state index in [2.05, 4.69) is 20.9 Å². The predicted molar refractivity (Wildman–Crippen MR) is 65.1 cm³/mol. The SMILES string of the molecule is Cc1c(Br)cccc1-n1c(=O)cc[nH]c1=O. The van der Waals surface area contributed by atoms with Gasteiger partial charge < -0.3 is 4.98 Å². The fraction of sp³-hybridized carbons (Fsp3) is 0.0909. The van der Waals surface area contributed by atoms with Gasteiger partial charge in [-0.15, -0.1) is 0 Å². The molecule has 1 aromatic carbocycles. The number of hydrogen-bond donors (Lipinski definition) is 1. The smallest absolute Gasteiger partial charge is 0.314 e. The van der Waals surface area contributed by atoms with Gasteiger partial charge in [-0.3, -0.25) is 4.79 Å². The van der Waals surface area contributed by atoms with Crippen LogP contribution in [0.4, 0.5) is 0 Å². The summed E-state index contributed by atoms with van der Waals surface area (Å²) in [5, 5.41) is 0. The molecule has 0 radical (unpaired) electrons. The molecule has 2 aromatic rings. The van der Waals surface area contributed by atoms with E-state index in [4.69, 9.17) is 0 Å². The van der Waals surface area contributed by atoms with Gasteiger partial charge in [0, 0.05) is 16.7 Å². The van der Waals surface area contributed by atoms with Crippen molar-refractivity contribution in [1.82, 2.24) is 9.55 Å². The number of nitrogens with one attached hydrogen (secondary N) is 1. The first-order chi connectivity index (χ1) is 7.61. The Bertz CT molecular complexity index is 615. The van der Waals surface area contributed by atoms with Crippen molar-refractivity contribution in [3.8, 4) is 5.69 Å². The van der Waals surface area contributed by atoms with Gasteiger partial charge in [0.1, 0.15) is 0 Å². The Morgan fingerprint density at radius 2 is 2.00 bits per heavy atom. The second kappa shape index (κ2) is 4.09. The van der Waals surface area contributed by atoms with Crippen LogP contribution in [0.2, 0.25) is 0 Å². The third kappa shape index (κ3) is 1.74. The summed E-state index contributed by atoms with van der Waals surface area (Å²) in [5.41, 5.74) is 0.654. The normalized spacial score (nSPS) is 10.4. The molecule has 0 aliphatic rings. The summed E-state index contributed by atoms with van der Waals surface area (Å²) in [4.78, 5) is 25.7. The first kappa shape index (κ1) is 10.9. The maximum absolute atomic E-state index is 11.6. The fourth-order valence-electron chi connectivity index (χ4n) is 1.49. The Kier molecular flexibility index (Phi) is 2.78. The van der Waals surface area contributed by atoms with Crippen LogP contribution >= 0.6 is 15.9 Å². The van der Waals surface area contributed by atoms with Crippen LogP contribution in [-0.2, 0) is 0 Å². The van der Waals surface area contributed by atoms with E-state index in [-0.39, 0.29) is 5.56 Å². The van der Waals surface area contributed by atoms with Crippen LogP contribution in [0.1, 0.15) is 5.56 Å². The average Bonchev–Trinajstić information content (AvgIpc) is 2.24. The summed E-state index contributed by atoms with van der Waals surface area (Å²) in [5.74, 6) is 0. The average molecular weight is 281 g/mol. The Morgan fingerprint density at radius 1 is 1.25 bits per heavy atom. The zero-order chi connectivity index (χ0) is 11.7. The van der Waals surface area contributed by atoms with Crippen molar-refractivity contribution in [2.75, 3.05) is 0 Å². The van der Waals surface area contributed by atoms with Crippen molar-refractivity contribution in [1.29, 1.82) is 0 Å². The Morgan fingerprint density at radius 3 is 2.69 bits per heavy atom. The molecular weight excluding hydrogens is 272 g/mol. The molecule has 1 aromatic heterocycles. The Balaban J connectivity index is 2.83. The van der Waals surface area contributed by atoms with Gasteiger partial charge in [0.05, 0.1) is 5.69 Å². The molecule has 0 saturated carbocycles. The molecule has 2 rings (SSSR count). The highest BCUT2D eigenvalue weighted by Gasteiger charge is 2.07. The summed E-state index contributed by atoms with van der Waals surface area (Å²) in [6.45, 7) is 1.85. The molecule has 1 heterocycles. The highest BCUT2D eigenvalue weighted by Crippen LogP contribution is 2.20. The first-order valence-corrected chi connectivity index (χ1v) is 5.47. The minimum atomic E-state index is -0.436. The van der Waals surface area contributed by atoms with Gasteiger partial charge in [-0.2, -0.15) is 0 Å². The van der Waals surface area contributed by atoms with Crippen LogP contribution in [0.5, 0.6) is 0 Å². The third-order valence-electron chi connectivity index (χ3n) is 2.34. The number of halogens is 1. The summed E-state index contributed by atoms with van der Waals surface area (Å²) in [6, 6.07) is 6.70. The molecule has 0 fully saturated rings. The van der Waals surface area contributed by atoms with E-state index in [0.717, 1.165) is 14.6 Å². The summed E-state index contributed by atoms with van der Waals surface area (Å²) in [7, 11) is 0. The maximum Gasteiger partial charge on any atom is 0.332 e. The van der Waals surface area contributed by atoms with Gasteiger partial charge in [-0.05, 0) is 24.6 Å². The lowest BCUT2D eigenvalue weighted by Gasteiger charge is -2.08. The van der Waals surface area contributed by atoms with E-state index < -0.39 is 5.69 Å². The number of rotatable bonds is 1. The van der Waals surface area contributed by atoms with Gasteiger partial charge in [-0.1, -0.05) is 22.0 Å². The molecule has 0 saturated heterocycles. The van der Waals surface area contributed by atoms with Crippen molar-refractivity contribution in [2.24, 2.45) is 0 Å². The first-order valence-electron chi connectivity index (χ1n) is 4.67. The van der Waals surface area contributed by atoms with Crippen LogP contribution in [0, 0.1) is 6.92 Å². The number of hydrogen-bond acceptors (Lipinski definition) is 2. The summed E-state index contributed by atoms with van der Waals surface area (Å²) < 4.78 is 1.97. The molecule has 16 heavy (non-hydrogen) atoms. The van der Waals surface area contributed by atoms with Crippen molar-refractivity contribution >= 4 is 15.9 Å². The minimum Gasteiger partial charge on any atom is -0.314 e. The van der Waals surface area contributed by atoms with Crippen LogP contribution in [0.3, 0.4) is 0 Å². The van der Waals surface area contributed by atoms with E-state index in [0.29, 0.717) is 5.69 Å². The number of aromatic nitrogens is 2. The van der Waals surface area contributed by atoms with Crippen molar-refractivity contribution in [3.05, 3.63) is 61.3 Å². The van der Waals surface area contributed by atoms with E-state index in [9.17, 15) is 9.59 Å². The second-order valence-corrected chi connectivity index (χ2v) is 4.19. The number of nitrogens with zero attached hydrogens (tertiary/aromatic N) is 1. The van der Waals surface area contributed by atoms with Crippen LogP contribution < -0.4 is 11.2 Å². The van der Waals surface area contributed by atoms with Gasteiger partial charge >= 0.3 is 5.69 Å². The Labute approximate surface area is 99.7 Å². The number of H-pyrrole nitrogens is 1. The van der Waals surface area contributed by atoms with E-state index in [1.54, 1.807) is 12.1 Å². The molecule has 0 aliphatic carbocycles. The van der Waals surface area contributed by atoms with Crippen molar-refractivity contribution in [3.63, 3.8) is 0 Å². The van der Waals surface area contributed by atoms with Crippen molar-refractivity contribution in [2.45, 2.75) is 6.92 Å². The van der Waals surface area contributed by atoms with Gasteiger partial charge in [0.15, 0.2) is 0 Å².